The van der Waals surface area contributed by atoms with Gasteiger partial charge in [0.25, 0.3) is 0 Å². The number of nitrogens with one attached hydrogen (secondary N) is 1. The SMILES string of the molecule is O=C(O)CCCC(=O)NCc1cccc(-c2cccc([C@@H]3O[C@H](CN(Cc4ccccc4)Cc4ccccc4)C[C@H](c4ccc(CO)cc4)O3)c2)c1. The quantitative estimate of drug-likeness (QED) is 0.0960. The molecule has 3 N–H and O–H groups in total. The van der Waals surface area contributed by atoms with Gasteiger partial charge in [-0.25, -0.2) is 0 Å². The molecule has 0 aliphatic carbocycles. The zero-order valence-electron chi connectivity index (χ0n) is 29.3. The normalized spacial score (nSPS) is 17.2. The molecule has 1 heterocycles. The minimum absolute atomic E-state index is 0.0126. The molecule has 52 heavy (non-hydrogen) atoms. The highest BCUT2D eigenvalue weighted by atomic mass is 16.7. The van der Waals surface area contributed by atoms with Gasteiger partial charge in [-0.15, -0.1) is 0 Å². The summed E-state index contributed by atoms with van der Waals surface area (Å²) >= 11 is 0. The van der Waals surface area contributed by atoms with E-state index in [9.17, 15) is 14.7 Å². The number of carboxylic acids is 1. The second kappa shape index (κ2) is 18.4. The van der Waals surface area contributed by atoms with Gasteiger partial charge < -0.3 is 25.0 Å². The van der Waals surface area contributed by atoms with Crippen molar-refractivity contribution in [1.82, 2.24) is 10.2 Å². The van der Waals surface area contributed by atoms with Crippen LogP contribution in [-0.2, 0) is 45.3 Å². The first-order chi connectivity index (χ1) is 25.4. The number of aliphatic hydroxyl groups is 1. The van der Waals surface area contributed by atoms with Gasteiger partial charge in [-0.3, -0.25) is 14.5 Å². The molecule has 0 spiro atoms. The highest BCUT2D eigenvalue weighted by Gasteiger charge is 2.33. The molecule has 6 rings (SSSR count). The molecular weight excluding hydrogens is 652 g/mol. The molecule has 1 aliphatic heterocycles. The monoisotopic (exact) mass is 698 g/mol. The first-order valence-electron chi connectivity index (χ1n) is 17.9. The highest BCUT2D eigenvalue weighted by molar-refractivity contribution is 5.76. The smallest absolute Gasteiger partial charge is 0.303 e. The summed E-state index contributed by atoms with van der Waals surface area (Å²) in [6.07, 6.45) is 0.207. The Hall–Kier alpha value is -5.12. The fourth-order valence-electron chi connectivity index (χ4n) is 6.60. The number of ether oxygens (including phenoxy) is 2. The Labute approximate surface area is 305 Å². The molecule has 0 bridgehead atoms. The Morgan fingerprint density at radius 3 is 1.96 bits per heavy atom. The van der Waals surface area contributed by atoms with E-state index in [1.165, 1.54) is 11.1 Å². The van der Waals surface area contributed by atoms with E-state index in [1.54, 1.807) is 0 Å². The van der Waals surface area contributed by atoms with Crippen LogP contribution in [-0.4, -0.2) is 39.6 Å². The van der Waals surface area contributed by atoms with Crippen LogP contribution in [0.2, 0.25) is 0 Å². The van der Waals surface area contributed by atoms with Gasteiger partial charge in [0.2, 0.25) is 5.91 Å². The van der Waals surface area contributed by atoms with Crippen molar-refractivity contribution in [2.45, 2.75) is 70.4 Å². The minimum Gasteiger partial charge on any atom is -0.481 e. The van der Waals surface area contributed by atoms with Gasteiger partial charge in [0.1, 0.15) is 0 Å². The van der Waals surface area contributed by atoms with Gasteiger partial charge in [0.05, 0.1) is 18.8 Å². The molecule has 268 valence electrons. The zero-order chi connectivity index (χ0) is 36.1. The van der Waals surface area contributed by atoms with Crippen LogP contribution in [0, 0.1) is 0 Å². The van der Waals surface area contributed by atoms with Crippen LogP contribution in [0.4, 0.5) is 0 Å². The summed E-state index contributed by atoms with van der Waals surface area (Å²) < 4.78 is 13.5. The number of carbonyl (C=O) groups excluding carboxylic acids is 1. The summed E-state index contributed by atoms with van der Waals surface area (Å²) in [5, 5.41) is 21.4. The van der Waals surface area contributed by atoms with Crippen LogP contribution in [0.1, 0.15) is 71.5 Å². The van der Waals surface area contributed by atoms with Crippen LogP contribution < -0.4 is 5.32 Å². The largest absolute Gasteiger partial charge is 0.481 e. The lowest BCUT2D eigenvalue weighted by atomic mass is 9.98. The number of carbonyl (C=O) groups is 2. The Kier molecular flexibility index (Phi) is 13.0. The summed E-state index contributed by atoms with van der Waals surface area (Å²) in [5.41, 5.74) is 8.24. The van der Waals surface area contributed by atoms with Gasteiger partial charge in [-0.2, -0.15) is 0 Å². The van der Waals surface area contributed by atoms with Gasteiger partial charge in [0, 0.05) is 51.0 Å². The number of carboxylic acid groups (broad SMARTS) is 1. The van der Waals surface area contributed by atoms with E-state index in [0.717, 1.165) is 46.5 Å². The van der Waals surface area contributed by atoms with Crippen molar-refractivity contribution in [3.63, 3.8) is 0 Å². The molecule has 0 aromatic heterocycles. The van der Waals surface area contributed by atoms with Gasteiger partial charge in [-0.1, -0.05) is 121 Å². The molecule has 0 radical (unpaired) electrons. The molecule has 5 aromatic carbocycles. The summed E-state index contributed by atoms with van der Waals surface area (Å²) in [7, 11) is 0. The Morgan fingerprint density at radius 2 is 1.31 bits per heavy atom. The molecule has 3 atom stereocenters. The summed E-state index contributed by atoms with van der Waals surface area (Å²) in [4.78, 5) is 25.5. The van der Waals surface area contributed by atoms with E-state index in [-0.39, 0.29) is 37.6 Å². The number of nitrogens with zero attached hydrogens (tertiary/aromatic N) is 1. The fraction of sp³-hybridized carbons (Fsp3) is 0.273. The second-order valence-electron chi connectivity index (χ2n) is 13.3. The van der Waals surface area contributed by atoms with E-state index in [1.807, 2.05) is 66.7 Å². The molecule has 1 fully saturated rings. The van der Waals surface area contributed by atoms with Crippen molar-refractivity contribution >= 4 is 11.9 Å². The Morgan fingerprint density at radius 1 is 0.673 bits per heavy atom. The number of amides is 1. The van der Waals surface area contributed by atoms with E-state index in [4.69, 9.17) is 14.6 Å². The molecule has 8 heteroatoms. The van der Waals surface area contributed by atoms with Gasteiger partial charge in [0.15, 0.2) is 6.29 Å². The minimum atomic E-state index is -0.900. The number of rotatable bonds is 16. The van der Waals surface area contributed by atoms with Crippen molar-refractivity contribution in [3.05, 3.63) is 167 Å². The zero-order valence-corrected chi connectivity index (χ0v) is 29.3. The molecule has 8 nitrogen and oxygen atoms in total. The Bertz CT molecular complexity index is 1840. The lowest BCUT2D eigenvalue weighted by Crippen LogP contribution is -2.39. The van der Waals surface area contributed by atoms with Crippen LogP contribution in [0.25, 0.3) is 11.1 Å². The topological polar surface area (TPSA) is 108 Å². The van der Waals surface area contributed by atoms with Crippen LogP contribution in [0.5, 0.6) is 0 Å². The van der Waals surface area contributed by atoms with Crippen molar-refractivity contribution in [2.75, 3.05) is 6.54 Å². The molecule has 0 unspecified atom stereocenters. The van der Waals surface area contributed by atoms with Crippen molar-refractivity contribution in [1.29, 1.82) is 0 Å². The third-order valence-electron chi connectivity index (χ3n) is 9.28. The van der Waals surface area contributed by atoms with Crippen LogP contribution in [0.15, 0.2) is 133 Å². The second-order valence-corrected chi connectivity index (χ2v) is 13.3. The molecule has 1 amide bonds. The number of hydrogen-bond acceptors (Lipinski definition) is 6. The van der Waals surface area contributed by atoms with Crippen LogP contribution in [0.3, 0.4) is 0 Å². The maximum atomic E-state index is 12.3. The number of aliphatic carboxylic acids is 1. The van der Waals surface area contributed by atoms with E-state index >= 15 is 0 Å². The maximum Gasteiger partial charge on any atom is 0.303 e. The Balaban J connectivity index is 1.22. The van der Waals surface area contributed by atoms with Gasteiger partial charge in [-0.05, 0) is 57.5 Å². The average Bonchev–Trinajstić information content (AvgIpc) is 3.18. The van der Waals surface area contributed by atoms with E-state index < -0.39 is 12.3 Å². The highest BCUT2D eigenvalue weighted by Crippen LogP contribution is 2.39. The summed E-state index contributed by atoms with van der Waals surface area (Å²) in [6.45, 7) is 2.62. The van der Waals surface area contributed by atoms with Crippen molar-refractivity contribution in [2.24, 2.45) is 0 Å². The molecule has 5 aromatic rings. The third-order valence-corrected chi connectivity index (χ3v) is 9.28. The number of aliphatic hydroxyl groups excluding tert-OH is 1. The van der Waals surface area contributed by atoms with E-state index in [2.05, 4.69) is 76.9 Å². The fourth-order valence-corrected chi connectivity index (χ4v) is 6.60. The summed E-state index contributed by atoms with van der Waals surface area (Å²) in [6, 6.07) is 45.2. The standard InChI is InChI=1S/C44H46N2O6/c47-31-34-20-22-36(23-21-34)41-26-40(30-46(28-32-10-3-1-4-11-32)29-33-12-5-2-6-13-33)51-44(52-41)39-17-8-16-38(25-39)37-15-7-14-35(24-37)27-45-42(48)18-9-19-43(49)50/h1-8,10-17,20-25,40-41,44,47H,9,18-19,26-31H2,(H,45,48)(H,49,50)/t40-,41+,44+/m0/s1. The average molecular weight is 699 g/mol. The molecule has 1 aliphatic rings. The number of hydrogen-bond donors (Lipinski definition) is 3. The van der Waals surface area contributed by atoms with Crippen LogP contribution >= 0.6 is 0 Å². The maximum absolute atomic E-state index is 12.3. The first kappa shape index (κ1) is 36.7. The lowest BCUT2D eigenvalue weighted by Gasteiger charge is -2.38. The lowest BCUT2D eigenvalue weighted by molar-refractivity contribution is -0.253. The molecular formula is C44H46N2O6. The van der Waals surface area contributed by atoms with Crippen molar-refractivity contribution < 1.29 is 29.3 Å². The van der Waals surface area contributed by atoms with E-state index in [0.29, 0.717) is 25.9 Å². The first-order valence-corrected chi connectivity index (χ1v) is 17.9. The third kappa shape index (κ3) is 10.7. The summed E-state index contributed by atoms with van der Waals surface area (Å²) in [5.74, 6) is -1.07. The molecule has 0 saturated carbocycles. The predicted octanol–water partition coefficient (Wildman–Crippen LogP) is 7.96. The predicted molar refractivity (Wildman–Crippen MR) is 201 cm³/mol. The van der Waals surface area contributed by atoms with Gasteiger partial charge >= 0.3 is 5.97 Å². The number of benzene rings is 5. The molecule has 1 saturated heterocycles. The van der Waals surface area contributed by atoms with Crippen molar-refractivity contribution in [3.8, 4) is 11.1 Å².